The lowest BCUT2D eigenvalue weighted by Crippen LogP contribution is -2.23. The Bertz CT molecular complexity index is 396. The Morgan fingerprint density at radius 1 is 1.62 bits per heavy atom. The highest BCUT2D eigenvalue weighted by atomic mass is 16.4. The summed E-state index contributed by atoms with van der Waals surface area (Å²) >= 11 is 0. The summed E-state index contributed by atoms with van der Waals surface area (Å²) in [7, 11) is 0. The van der Waals surface area contributed by atoms with Crippen LogP contribution >= 0.6 is 0 Å². The number of carboxylic acids is 1. The summed E-state index contributed by atoms with van der Waals surface area (Å²) in [6.45, 7) is 1.60. The summed E-state index contributed by atoms with van der Waals surface area (Å²) in [5, 5.41) is 8.90. The van der Waals surface area contributed by atoms with Gasteiger partial charge in [-0.3, -0.25) is 4.79 Å². The molecule has 6 heteroatoms. The Morgan fingerprint density at radius 3 is 3.06 bits per heavy atom. The maximum atomic E-state index is 10.8. The van der Waals surface area contributed by atoms with E-state index in [0.717, 1.165) is 18.1 Å². The molecular formula is C10H14N4O2. The molecule has 16 heavy (non-hydrogen) atoms. The van der Waals surface area contributed by atoms with Crippen LogP contribution < -0.4 is 10.6 Å². The van der Waals surface area contributed by atoms with Crippen LogP contribution in [-0.2, 0) is 11.3 Å². The molecule has 1 unspecified atom stereocenters. The molecule has 0 saturated carbocycles. The largest absolute Gasteiger partial charge is 0.481 e. The smallest absolute Gasteiger partial charge is 0.308 e. The third kappa shape index (κ3) is 2.11. The molecule has 0 aromatic carbocycles. The molecule has 0 radical (unpaired) electrons. The van der Waals surface area contributed by atoms with Crippen LogP contribution in [0.1, 0.15) is 12.1 Å². The van der Waals surface area contributed by atoms with Gasteiger partial charge in [-0.05, 0) is 6.42 Å². The molecule has 0 aliphatic carbocycles. The average Bonchev–Trinajstić information content (AvgIpc) is 2.78. The lowest BCUT2D eigenvalue weighted by molar-refractivity contribution is -0.140. The predicted octanol–water partition coefficient (Wildman–Crippen LogP) is -0.154. The number of aliphatic carboxylic acids is 1. The van der Waals surface area contributed by atoms with Crippen molar-refractivity contribution in [2.75, 3.05) is 18.0 Å². The van der Waals surface area contributed by atoms with Crippen LogP contribution in [0.25, 0.3) is 0 Å². The standard InChI is InChI=1S/C10H14N4O2/c11-4-8-3-9(13-6-12-8)14-2-1-7(5-14)10(15)16/h3,6-7H,1-2,4-5,11H2,(H,15,16). The number of carboxylic acid groups (broad SMARTS) is 1. The first-order valence-electron chi connectivity index (χ1n) is 5.19. The second-order valence-corrected chi connectivity index (χ2v) is 3.84. The lowest BCUT2D eigenvalue weighted by atomic mass is 10.1. The molecule has 1 aliphatic rings. The van der Waals surface area contributed by atoms with E-state index in [2.05, 4.69) is 9.97 Å². The van der Waals surface area contributed by atoms with E-state index >= 15 is 0 Å². The maximum absolute atomic E-state index is 10.8. The van der Waals surface area contributed by atoms with E-state index < -0.39 is 5.97 Å². The quantitative estimate of drug-likeness (QED) is 0.738. The van der Waals surface area contributed by atoms with Gasteiger partial charge in [0.25, 0.3) is 0 Å². The summed E-state index contributed by atoms with van der Waals surface area (Å²) in [6, 6.07) is 1.81. The maximum Gasteiger partial charge on any atom is 0.308 e. The van der Waals surface area contributed by atoms with Gasteiger partial charge in [0.1, 0.15) is 12.1 Å². The Morgan fingerprint density at radius 2 is 2.44 bits per heavy atom. The topological polar surface area (TPSA) is 92.3 Å². The van der Waals surface area contributed by atoms with Gasteiger partial charge in [0.2, 0.25) is 0 Å². The van der Waals surface area contributed by atoms with Crippen LogP contribution in [0.15, 0.2) is 12.4 Å². The van der Waals surface area contributed by atoms with Crippen LogP contribution in [-0.4, -0.2) is 34.1 Å². The number of rotatable bonds is 3. The van der Waals surface area contributed by atoms with Crippen molar-refractivity contribution in [2.45, 2.75) is 13.0 Å². The van der Waals surface area contributed by atoms with Crippen LogP contribution in [0.5, 0.6) is 0 Å². The number of carbonyl (C=O) groups is 1. The molecule has 3 N–H and O–H groups in total. The van der Waals surface area contributed by atoms with E-state index in [9.17, 15) is 4.79 Å². The zero-order valence-electron chi connectivity index (χ0n) is 8.83. The van der Waals surface area contributed by atoms with E-state index in [1.807, 2.05) is 11.0 Å². The SMILES string of the molecule is NCc1cc(N2CCC(C(=O)O)C2)ncn1. The van der Waals surface area contributed by atoms with Gasteiger partial charge < -0.3 is 15.7 Å². The number of hydrogen-bond donors (Lipinski definition) is 2. The van der Waals surface area contributed by atoms with E-state index in [1.54, 1.807) is 0 Å². The number of hydrogen-bond acceptors (Lipinski definition) is 5. The third-order valence-corrected chi connectivity index (χ3v) is 2.78. The van der Waals surface area contributed by atoms with Gasteiger partial charge in [0.05, 0.1) is 11.6 Å². The molecule has 0 amide bonds. The number of nitrogens with two attached hydrogens (primary N) is 1. The fraction of sp³-hybridized carbons (Fsp3) is 0.500. The summed E-state index contributed by atoms with van der Waals surface area (Å²) in [5.74, 6) is -0.272. The molecule has 2 heterocycles. The van der Waals surface area contributed by atoms with E-state index in [4.69, 9.17) is 10.8 Å². The monoisotopic (exact) mass is 222 g/mol. The van der Waals surface area contributed by atoms with Crippen molar-refractivity contribution >= 4 is 11.8 Å². The second-order valence-electron chi connectivity index (χ2n) is 3.84. The molecule has 1 aromatic rings. The Balaban J connectivity index is 2.11. The van der Waals surface area contributed by atoms with Gasteiger partial charge in [-0.1, -0.05) is 0 Å². The lowest BCUT2D eigenvalue weighted by Gasteiger charge is -2.16. The minimum Gasteiger partial charge on any atom is -0.481 e. The first-order chi connectivity index (χ1) is 7.70. The number of anilines is 1. The molecule has 86 valence electrons. The van der Waals surface area contributed by atoms with Crippen molar-refractivity contribution in [2.24, 2.45) is 11.7 Å². The Kier molecular flexibility index (Phi) is 3.00. The zero-order chi connectivity index (χ0) is 11.5. The van der Waals surface area contributed by atoms with Gasteiger partial charge in [-0.15, -0.1) is 0 Å². The van der Waals surface area contributed by atoms with Gasteiger partial charge in [0, 0.05) is 25.7 Å². The van der Waals surface area contributed by atoms with Crippen molar-refractivity contribution in [3.05, 3.63) is 18.1 Å². The molecule has 6 nitrogen and oxygen atoms in total. The first-order valence-corrected chi connectivity index (χ1v) is 5.19. The minimum atomic E-state index is -0.740. The molecule has 1 saturated heterocycles. The number of nitrogens with zero attached hydrogens (tertiary/aromatic N) is 3. The average molecular weight is 222 g/mol. The van der Waals surface area contributed by atoms with Crippen LogP contribution in [0.3, 0.4) is 0 Å². The molecule has 1 atom stereocenters. The van der Waals surface area contributed by atoms with Crippen LogP contribution in [0, 0.1) is 5.92 Å². The van der Waals surface area contributed by atoms with Crippen molar-refractivity contribution in [3.8, 4) is 0 Å². The fourth-order valence-corrected chi connectivity index (χ4v) is 1.84. The van der Waals surface area contributed by atoms with Crippen molar-refractivity contribution in [3.63, 3.8) is 0 Å². The highest BCUT2D eigenvalue weighted by molar-refractivity contribution is 5.71. The van der Waals surface area contributed by atoms with E-state index in [0.29, 0.717) is 19.5 Å². The Labute approximate surface area is 93.1 Å². The third-order valence-electron chi connectivity index (χ3n) is 2.78. The van der Waals surface area contributed by atoms with E-state index in [-0.39, 0.29) is 5.92 Å². The summed E-state index contributed by atoms with van der Waals surface area (Å²) in [5.41, 5.74) is 6.26. The highest BCUT2D eigenvalue weighted by Gasteiger charge is 2.28. The van der Waals surface area contributed by atoms with Crippen molar-refractivity contribution in [1.82, 2.24) is 9.97 Å². The summed E-state index contributed by atoms with van der Waals surface area (Å²) < 4.78 is 0. The fourth-order valence-electron chi connectivity index (χ4n) is 1.84. The second kappa shape index (κ2) is 4.44. The van der Waals surface area contributed by atoms with Crippen LogP contribution in [0.4, 0.5) is 5.82 Å². The van der Waals surface area contributed by atoms with Gasteiger partial charge in [-0.25, -0.2) is 9.97 Å². The first kappa shape index (κ1) is 10.8. The van der Waals surface area contributed by atoms with Gasteiger partial charge in [0.15, 0.2) is 0 Å². The Hall–Kier alpha value is -1.69. The van der Waals surface area contributed by atoms with Crippen LogP contribution in [0.2, 0.25) is 0 Å². The highest BCUT2D eigenvalue weighted by Crippen LogP contribution is 2.22. The molecule has 1 aliphatic heterocycles. The minimum absolute atomic E-state index is 0.295. The number of aromatic nitrogens is 2. The van der Waals surface area contributed by atoms with Gasteiger partial charge in [-0.2, -0.15) is 0 Å². The normalized spacial score (nSPS) is 20.1. The molecule has 0 bridgehead atoms. The molecule has 1 aromatic heterocycles. The molecular weight excluding hydrogens is 208 g/mol. The predicted molar refractivity (Wildman–Crippen MR) is 57.9 cm³/mol. The van der Waals surface area contributed by atoms with Gasteiger partial charge >= 0.3 is 5.97 Å². The molecule has 2 rings (SSSR count). The summed E-state index contributed by atoms with van der Waals surface area (Å²) in [6.07, 6.45) is 2.13. The summed E-state index contributed by atoms with van der Waals surface area (Å²) in [4.78, 5) is 20.9. The van der Waals surface area contributed by atoms with Crippen molar-refractivity contribution in [1.29, 1.82) is 0 Å². The van der Waals surface area contributed by atoms with E-state index in [1.165, 1.54) is 6.33 Å². The zero-order valence-corrected chi connectivity index (χ0v) is 8.83. The van der Waals surface area contributed by atoms with Crippen molar-refractivity contribution < 1.29 is 9.90 Å². The molecule has 1 fully saturated rings. The molecule has 0 spiro atoms.